The Morgan fingerprint density at radius 2 is 1.73 bits per heavy atom. The molecule has 1 aromatic carbocycles. The second-order valence-electron chi connectivity index (χ2n) is 6.04. The maximum absolute atomic E-state index is 11.9. The number of hydrogen-bond acceptors (Lipinski definition) is 3. The van der Waals surface area contributed by atoms with Crippen molar-refractivity contribution in [2.24, 2.45) is 5.41 Å². The van der Waals surface area contributed by atoms with Crippen molar-refractivity contribution in [2.45, 2.75) is 40.5 Å². The van der Waals surface area contributed by atoms with Crippen LogP contribution in [0.4, 0.5) is 11.4 Å². The number of carbonyl (C=O) groups is 2. The van der Waals surface area contributed by atoms with Gasteiger partial charge in [-0.25, -0.2) is 0 Å². The standard InChI is InChI=1S/C16H23N3O2S/c1-5-7-13(20)17-11-8-6-9-12(10-11)18-15(22)19-14(21)16(2,3)4/h6,8-10H,5,7H2,1-4H3,(H,17,20)(H2,18,19,21,22). The summed E-state index contributed by atoms with van der Waals surface area (Å²) in [6, 6.07) is 7.18. The molecule has 0 fully saturated rings. The number of carbonyl (C=O) groups excluding carboxylic acids is 2. The average molecular weight is 321 g/mol. The summed E-state index contributed by atoms with van der Waals surface area (Å²) in [4.78, 5) is 23.4. The van der Waals surface area contributed by atoms with Crippen LogP contribution in [0.1, 0.15) is 40.5 Å². The molecular formula is C16H23N3O2S. The van der Waals surface area contributed by atoms with Crippen molar-refractivity contribution < 1.29 is 9.59 Å². The minimum atomic E-state index is -0.512. The molecule has 0 saturated heterocycles. The summed E-state index contributed by atoms with van der Waals surface area (Å²) in [5, 5.41) is 8.63. The van der Waals surface area contributed by atoms with Gasteiger partial charge in [0.15, 0.2) is 5.11 Å². The highest BCUT2D eigenvalue weighted by molar-refractivity contribution is 7.80. The third-order valence-electron chi connectivity index (χ3n) is 2.79. The van der Waals surface area contributed by atoms with Gasteiger partial charge < -0.3 is 16.0 Å². The second-order valence-corrected chi connectivity index (χ2v) is 6.45. The van der Waals surface area contributed by atoms with Gasteiger partial charge in [-0.2, -0.15) is 0 Å². The Hall–Kier alpha value is -1.95. The molecule has 120 valence electrons. The van der Waals surface area contributed by atoms with Gasteiger partial charge in [0.05, 0.1) is 0 Å². The Labute approximate surface area is 136 Å². The van der Waals surface area contributed by atoms with Gasteiger partial charge in [0, 0.05) is 23.2 Å². The van der Waals surface area contributed by atoms with E-state index in [-0.39, 0.29) is 16.9 Å². The van der Waals surface area contributed by atoms with E-state index in [1.54, 1.807) is 18.2 Å². The van der Waals surface area contributed by atoms with Crippen LogP contribution >= 0.6 is 12.2 Å². The van der Waals surface area contributed by atoms with Crippen LogP contribution in [-0.2, 0) is 9.59 Å². The van der Waals surface area contributed by atoms with Crippen molar-refractivity contribution in [2.75, 3.05) is 10.6 Å². The Morgan fingerprint density at radius 1 is 1.14 bits per heavy atom. The summed E-state index contributed by atoms with van der Waals surface area (Å²) in [6.07, 6.45) is 1.28. The number of hydrogen-bond donors (Lipinski definition) is 3. The van der Waals surface area contributed by atoms with E-state index in [1.165, 1.54) is 0 Å². The fourth-order valence-corrected chi connectivity index (χ4v) is 1.79. The second kappa shape index (κ2) is 7.89. The van der Waals surface area contributed by atoms with E-state index < -0.39 is 5.41 Å². The Bertz CT molecular complexity index is 565. The highest BCUT2D eigenvalue weighted by atomic mass is 32.1. The van der Waals surface area contributed by atoms with Crippen molar-refractivity contribution in [3.63, 3.8) is 0 Å². The first-order valence-corrected chi connectivity index (χ1v) is 7.65. The van der Waals surface area contributed by atoms with Crippen molar-refractivity contribution in [1.82, 2.24) is 5.32 Å². The molecule has 0 heterocycles. The average Bonchev–Trinajstić information content (AvgIpc) is 2.37. The molecule has 0 aliphatic heterocycles. The molecule has 0 bridgehead atoms. The van der Waals surface area contributed by atoms with E-state index in [0.717, 1.165) is 6.42 Å². The van der Waals surface area contributed by atoms with Crippen molar-refractivity contribution >= 4 is 40.5 Å². The fourth-order valence-electron chi connectivity index (χ4n) is 1.58. The molecule has 0 unspecified atom stereocenters. The first kappa shape index (κ1) is 18.1. The van der Waals surface area contributed by atoms with Crippen LogP contribution in [-0.4, -0.2) is 16.9 Å². The van der Waals surface area contributed by atoms with E-state index in [4.69, 9.17) is 12.2 Å². The van der Waals surface area contributed by atoms with Gasteiger partial charge >= 0.3 is 0 Å². The quantitative estimate of drug-likeness (QED) is 0.744. The van der Waals surface area contributed by atoms with Gasteiger partial charge in [0.25, 0.3) is 0 Å². The first-order valence-electron chi connectivity index (χ1n) is 7.24. The molecule has 22 heavy (non-hydrogen) atoms. The number of nitrogens with one attached hydrogen (secondary N) is 3. The van der Waals surface area contributed by atoms with Crippen molar-refractivity contribution in [3.8, 4) is 0 Å². The van der Waals surface area contributed by atoms with Crippen LogP contribution in [0, 0.1) is 5.41 Å². The zero-order valence-electron chi connectivity index (χ0n) is 13.4. The SMILES string of the molecule is CCCC(=O)Nc1cccc(NC(=S)NC(=O)C(C)(C)C)c1. The molecule has 0 aliphatic rings. The zero-order valence-corrected chi connectivity index (χ0v) is 14.3. The summed E-state index contributed by atoms with van der Waals surface area (Å²) in [5.41, 5.74) is 0.878. The number of thiocarbonyl (C=S) groups is 1. The number of rotatable bonds is 4. The minimum Gasteiger partial charge on any atom is -0.332 e. The van der Waals surface area contributed by atoms with Gasteiger partial charge in [-0.15, -0.1) is 0 Å². The highest BCUT2D eigenvalue weighted by Gasteiger charge is 2.21. The summed E-state index contributed by atoms with van der Waals surface area (Å²) < 4.78 is 0. The molecule has 1 rings (SSSR count). The molecule has 1 aromatic rings. The van der Waals surface area contributed by atoms with Crippen LogP contribution < -0.4 is 16.0 Å². The van der Waals surface area contributed by atoms with Gasteiger partial charge in [0.1, 0.15) is 0 Å². The van der Waals surface area contributed by atoms with E-state index in [1.807, 2.05) is 33.8 Å². The van der Waals surface area contributed by atoms with E-state index in [2.05, 4.69) is 16.0 Å². The summed E-state index contributed by atoms with van der Waals surface area (Å²) >= 11 is 5.12. The molecule has 0 aromatic heterocycles. The Kier molecular flexibility index (Phi) is 6.49. The van der Waals surface area contributed by atoms with Crippen LogP contribution in [0.5, 0.6) is 0 Å². The smallest absolute Gasteiger partial charge is 0.231 e. The summed E-state index contributed by atoms with van der Waals surface area (Å²) in [6.45, 7) is 7.40. The van der Waals surface area contributed by atoms with E-state index >= 15 is 0 Å². The molecule has 6 heteroatoms. The van der Waals surface area contributed by atoms with Gasteiger partial charge in [0.2, 0.25) is 11.8 Å². The number of benzene rings is 1. The third-order valence-corrected chi connectivity index (χ3v) is 2.99. The number of amides is 2. The Balaban J connectivity index is 2.65. The lowest BCUT2D eigenvalue weighted by molar-refractivity contribution is -0.126. The highest BCUT2D eigenvalue weighted by Crippen LogP contribution is 2.16. The van der Waals surface area contributed by atoms with Gasteiger partial charge in [-0.1, -0.05) is 33.8 Å². The lowest BCUT2D eigenvalue weighted by Crippen LogP contribution is -2.41. The zero-order chi connectivity index (χ0) is 16.8. The molecule has 0 spiro atoms. The maximum atomic E-state index is 11.9. The summed E-state index contributed by atoms with van der Waals surface area (Å²) in [5.74, 6) is -0.180. The predicted molar refractivity (Wildman–Crippen MR) is 93.8 cm³/mol. The van der Waals surface area contributed by atoms with Crippen molar-refractivity contribution in [1.29, 1.82) is 0 Å². The monoisotopic (exact) mass is 321 g/mol. The third kappa shape index (κ3) is 6.22. The maximum Gasteiger partial charge on any atom is 0.231 e. The van der Waals surface area contributed by atoms with Gasteiger partial charge in [-0.3, -0.25) is 9.59 Å². The lowest BCUT2D eigenvalue weighted by atomic mass is 9.96. The Morgan fingerprint density at radius 3 is 2.27 bits per heavy atom. The van der Waals surface area contributed by atoms with Crippen LogP contribution in [0.25, 0.3) is 0 Å². The molecule has 3 N–H and O–H groups in total. The van der Waals surface area contributed by atoms with Gasteiger partial charge in [-0.05, 0) is 36.8 Å². The van der Waals surface area contributed by atoms with E-state index in [0.29, 0.717) is 17.8 Å². The molecule has 0 atom stereocenters. The largest absolute Gasteiger partial charge is 0.332 e. The molecular weight excluding hydrogens is 298 g/mol. The molecule has 0 aliphatic carbocycles. The molecule has 2 amide bonds. The fraction of sp³-hybridized carbons (Fsp3) is 0.438. The lowest BCUT2D eigenvalue weighted by Gasteiger charge is -2.18. The first-order chi connectivity index (χ1) is 10.2. The van der Waals surface area contributed by atoms with E-state index in [9.17, 15) is 9.59 Å². The normalized spacial score (nSPS) is 10.7. The molecule has 0 radical (unpaired) electrons. The molecule has 5 nitrogen and oxygen atoms in total. The minimum absolute atomic E-state index is 0.0248. The van der Waals surface area contributed by atoms with Crippen molar-refractivity contribution in [3.05, 3.63) is 24.3 Å². The van der Waals surface area contributed by atoms with Crippen LogP contribution in [0.2, 0.25) is 0 Å². The summed E-state index contributed by atoms with van der Waals surface area (Å²) in [7, 11) is 0. The van der Waals surface area contributed by atoms with Crippen LogP contribution in [0.15, 0.2) is 24.3 Å². The van der Waals surface area contributed by atoms with Crippen LogP contribution in [0.3, 0.4) is 0 Å². The number of anilines is 2. The predicted octanol–water partition coefficient (Wildman–Crippen LogP) is 3.28. The molecule has 0 saturated carbocycles. The topological polar surface area (TPSA) is 70.2 Å².